The number of nitrogens with one attached hydrogen (secondary N) is 1. The van der Waals surface area contributed by atoms with Gasteiger partial charge in [-0.3, -0.25) is 4.79 Å². The Kier molecular flexibility index (Phi) is 7.35. The minimum absolute atomic E-state index is 0.0147. The molecule has 1 heterocycles. The van der Waals surface area contributed by atoms with Gasteiger partial charge in [-0.25, -0.2) is 0 Å². The van der Waals surface area contributed by atoms with Crippen LogP contribution in [-0.4, -0.2) is 26.4 Å². The Labute approximate surface area is 192 Å². The van der Waals surface area contributed by atoms with Crippen LogP contribution in [0.2, 0.25) is 5.02 Å². The molecule has 6 nitrogen and oxygen atoms in total. The third kappa shape index (κ3) is 5.95. The standard InChI is InChI=1S/C21H20ClF3N4O2S/c1-12-4-7-17(13(2)8-12)31-10-18-27-28-20(29(18)3)32-11-19(30)26-16-9-14(21(23,24)25)5-6-15(16)22/h4-9H,10-11H2,1-3H3,(H,26,30). The second-order valence-electron chi connectivity index (χ2n) is 7.04. The third-order valence-corrected chi connectivity index (χ3v) is 5.86. The number of carbonyl (C=O) groups excluding carboxylic acids is 1. The summed E-state index contributed by atoms with van der Waals surface area (Å²) in [6, 6.07) is 8.61. The highest BCUT2D eigenvalue weighted by atomic mass is 35.5. The number of rotatable bonds is 7. The number of alkyl halides is 3. The molecule has 0 unspecified atom stereocenters. The zero-order chi connectivity index (χ0) is 23.5. The van der Waals surface area contributed by atoms with Crippen molar-refractivity contribution in [3.05, 3.63) is 63.9 Å². The largest absolute Gasteiger partial charge is 0.485 e. The van der Waals surface area contributed by atoms with Gasteiger partial charge in [0.15, 0.2) is 11.0 Å². The lowest BCUT2D eigenvalue weighted by Gasteiger charge is -2.11. The molecule has 0 radical (unpaired) electrons. The van der Waals surface area contributed by atoms with Gasteiger partial charge in [0, 0.05) is 7.05 Å². The number of aryl methyl sites for hydroxylation is 2. The number of hydrogen-bond acceptors (Lipinski definition) is 5. The second kappa shape index (κ2) is 9.83. The summed E-state index contributed by atoms with van der Waals surface area (Å²) in [5.41, 5.74) is 1.14. The summed E-state index contributed by atoms with van der Waals surface area (Å²) in [7, 11) is 1.74. The Morgan fingerprint density at radius 2 is 1.94 bits per heavy atom. The van der Waals surface area contributed by atoms with E-state index < -0.39 is 17.6 Å². The minimum atomic E-state index is -4.53. The number of hydrogen-bond donors (Lipinski definition) is 1. The maximum atomic E-state index is 12.9. The van der Waals surface area contributed by atoms with E-state index >= 15 is 0 Å². The van der Waals surface area contributed by atoms with Gasteiger partial charge < -0.3 is 14.6 Å². The highest BCUT2D eigenvalue weighted by Crippen LogP contribution is 2.34. The van der Waals surface area contributed by atoms with Crippen LogP contribution in [0, 0.1) is 13.8 Å². The van der Waals surface area contributed by atoms with Gasteiger partial charge >= 0.3 is 6.18 Å². The van der Waals surface area contributed by atoms with Crippen LogP contribution >= 0.6 is 23.4 Å². The molecule has 11 heteroatoms. The van der Waals surface area contributed by atoms with Crippen LogP contribution < -0.4 is 10.1 Å². The SMILES string of the molecule is Cc1ccc(OCc2nnc(SCC(=O)Nc3cc(C(F)(F)F)ccc3Cl)n2C)c(C)c1. The first kappa shape index (κ1) is 23.9. The van der Waals surface area contributed by atoms with E-state index in [1.54, 1.807) is 11.6 Å². The van der Waals surface area contributed by atoms with Crippen molar-refractivity contribution in [1.82, 2.24) is 14.8 Å². The van der Waals surface area contributed by atoms with E-state index in [4.69, 9.17) is 16.3 Å². The molecule has 0 spiro atoms. The predicted octanol–water partition coefficient (Wildman–Crippen LogP) is 5.41. The Morgan fingerprint density at radius 3 is 2.62 bits per heavy atom. The smallest absolute Gasteiger partial charge is 0.416 e. The molecule has 3 rings (SSSR count). The van der Waals surface area contributed by atoms with Crippen molar-refractivity contribution in [2.45, 2.75) is 31.8 Å². The van der Waals surface area contributed by atoms with Gasteiger partial charge in [-0.05, 0) is 43.7 Å². The van der Waals surface area contributed by atoms with Crippen molar-refractivity contribution in [1.29, 1.82) is 0 Å². The summed E-state index contributed by atoms with van der Waals surface area (Å²) in [5, 5.41) is 11.0. The fourth-order valence-electron chi connectivity index (χ4n) is 2.81. The van der Waals surface area contributed by atoms with Gasteiger partial charge in [-0.1, -0.05) is 41.1 Å². The summed E-state index contributed by atoms with van der Waals surface area (Å²) in [4.78, 5) is 12.2. The molecule has 0 aliphatic heterocycles. The highest BCUT2D eigenvalue weighted by molar-refractivity contribution is 7.99. The third-order valence-electron chi connectivity index (χ3n) is 4.51. The molecule has 2 aromatic carbocycles. The van der Waals surface area contributed by atoms with Crippen molar-refractivity contribution in [2.75, 3.05) is 11.1 Å². The number of amides is 1. The molecule has 1 aromatic heterocycles. The lowest BCUT2D eigenvalue weighted by Crippen LogP contribution is -2.16. The molecule has 0 aliphatic rings. The van der Waals surface area contributed by atoms with E-state index in [1.807, 2.05) is 32.0 Å². The first-order chi connectivity index (χ1) is 15.0. The molecule has 0 atom stereocenters. The van der Waals surface area contributed by atoms with Gasteiger partial charge in [0.2, 0.25) is 5.91 Å². The summed E-state index contributed by atoms with van der Waals surface area (Å²) in [6.45, 7) is 4.15. The van der Waals surface area contributed by atoms with E-state index in [2.05, 4.69) is 15.5 Å². The van der Waals surface area contributed by atoms with Crippen LogP contribution in [0.25, 0.3) is 0 Å². The van der Waals surface area contributed by atoms with Crippen LogP contribution in [0.5, 0.6) is 5.75 Å². The van der Waals surface area contributed by atoms with Crippen molar-refractivity contribution in [3.8, 4) is 5.75 Å². The molecule has 1 N–H and O–H groups in total. The number of benzene rings is 2. The van der Waals surface area contributed by atoms with Gasteiger partial charge in [0.25, 0.3) is 0 Å². The topological polar surface area (TPSA) is 69.0 Å². The summed E-state index contributed by atoms with van der Waals surface area (Å²) < 4.78 is 46.1. The minimum Gasteiger partial charge on any atom is -0.485 e. The number of nitrogens with zero attached hydrogens (tertiary/aromatic N) is 3. The predicted molar refractivity (Wildman–Crippen MR) is 117 cm³/mol. The van der Waals surface area contributed by atoms with Gasteiger partial charge in [0.05, 0.1) is 22.0 Å². The number of thioether (sulfide) groups is 1. The first-order valence-corrected chi connectivity index (χ1v) is 10.8. The summed E-state index contributed by atoms with van der Waals surface area (Å²) in [5.74, 6) is 0.697. The molecule has 0 bridgehead atoms. The highest BCUT2D eigenvalue weighted by Gasteiger charge is 2.31. The van der Waals surface area contributed by atoms with E-state index in [0.717, 1.165) is 46.8 Å². The van der Waals surface area contributed by atoms with Crippen molar-refractivity contribution in [3.63, 3.8) is 0 Å². The Morgan fingerprint density at radius 1 is 1.19 bits per heavy atom. The lowest BCUT2D eigenvalue weighted by atomic mass is 10.1. The molecule has 0 aliphatic carbocycles. The Bertz CT molecular complexity index is 1130. The maximum Gasteiger partial charge on any atom is 0.416 e. The molecule has 32 heavy (non-hydrogen) atoms. The normalized spacial score (nSPS) is 11.5. The number of anilines is 1. The fourth-order valence-corrected chi connectivity index (χ4v) is 3.71. The Hall–Kier alpha value is -2.72. The second-order valence-corrected chi connectivity index (χ2v) is 8.39. The molecule has 0 saturated carbocycles. The zero-order valence-corrected chi connectivity index (χ0v) is 19.0. The van der Waals surface area contributed by atoms with Crippen molar-refractivity contribution < 1.29 is 22.7 Å². The van der Waals surface area contributed by atoms with Crippen LogP contribution in [-0.2, 0) is 24.6 Å². The summed E-state index contributed by atoms with van der Waals surface area (Å²) >= 11 is 7.01. The average Bonchev–Trinajstić information content (AvgIpc) is 3.06. The molecular weight excluding hydrogens is 465 g/mol. The monoisotopic (exact) mass is 484 g/mol. The van der Waals surface area contributed by atoms with Crippen LogP contribution in [0.1, 0.15) is 22.5 Å². The lowest BCUT2D eigenvalue weighted by molar-refractivity contribution is -0.137. The molecule has 0 saturated heterocycles. The first-order valence-electron chi connectivity index (χ1n) is 9.42. The van der Waals surface area contributed by atoms with Crippen molar-refractivity contribution in [2.24, 2.45) is 7.05 Å². The fraction of sp³-hybridized carbons (Fsp3) is 0.286. The van der Waals surface area contributed by atoms with Gasteiger partial charge in [-0.2, -0.15) is 13.2 Å². The van der Waals surface area contributed by atoms with Gasteiger partial charge in [-0.15, -0.1) is 10.2 Å². The quantitative estimate of drug-likeness (QED) is 0.454. The number of aromatic nitrogens is 3. The zero-order valence-electron chi connectivity index (χ0n) is 17.5. The van der Waals surface area contributed by atoms with Gasteiger partial charge in [0.1, 0.15) is 12.4 Å². The van der Waals surface area contributed by atoms with E-state index in [1.165, 1.54) is 0 Å². The van der Waals surface area contributed by atoms with Crippen LogP contribution in [0.15, 0.2) is 41.6 Å². The van der Waals surface area contributed by atoms with E-state index in [-0.39, 0.29) is 23.1 Å². The maximum absolute atomic E-state index is 12.9. The number of carbonyl (C=O) groups is 1. The Balaban J connectivity index is 1.58. The number of halogens is 4. The molecule has 0 fully saturated rings. The average molecular weight is 485 g/mol. The molecule has 3 aromatic rings. The molecule has 1 amide bonds. The molecular formula is C21H20ClF3N4O2S. The van der Waals surface area contributed by atoms with E-state index in [0.29, 0.717) is 11.0 Å². The van der Waals surface area contributed by atoms with Crippen LogP contribution in [0.3, 0.4) is 0 Å². The number of ether oxygens (including phenoxy) is 1. The summed E-state index contributed by atoms with van der Waals surface area (Å²) in [6.07, 6.45) is -4.53. The van der Waals surface area contributed by atoms with E-state index in [9.17, 15) is 18.0 Å². The molecule has 170 valence electrons. The van der Waals surface area contributed by atoms with Crippen molar-refractivity contribution >= 4 is 35.0 Å². The van der Waals surface area contributed by atoms with Crippen LogP contribution in [0.4, 0.5) is 18.9 Å².